The second kappa shape index (κ2) is 9.92. The number of rotatable bonds is 7. The summed E-state index contributed by atoms with van der Waals surface area (Å²) in [5.41, 5.74) is 7.20. The van der Waals surface area contributed by atoms with Crippen LogP contribution in [0.15, 0.2) is 60.7 Å². The molecule has 0 fully saturated rings. The van der Waals surface area contributed by atoms with E-state index < -0.39 is 0 Å². The SMILES string of the molecule is COc1cc(C)c(C=CC2NCCc3cc(OCc4ccccc4)c(OC)cc32)cc1C. The molecule has 1 heterocycles. The van der Waals surface area contributed by atoms with Gasteiger partial charge in [-0.2, -0.15) is 0 Å². The molecule has 3 aromatic carbocycles. The van der Waals surface area contributed by atoms with E-state index in [0.717, 1.165) is 41.3 Å². The van der Waals surface area contributed by atoms with Crippen molar-refractivity contribution in [3.8, 4) is 17.2 Å². The minimum absolute atomic E-state index is 0.123. The zero-order valence-corrected chi connectivity index (χ0v) is 19.3. The Morgan fingerprint density at radius 2 is 1.69 bits per heavy atom. The lowest BCUT2D eigenvalue weighted by atomic mass is 9.92. The number of hydrogen-bond acceptors (Lipinski definition) is 4. The number of nitrogens with one attached hydrogen (secondary N) is 1. The second-order valence-electron chi connectivity index (χ2n) is 8.20. The molecule has 166 valence electrons. The number of methoxy groups -OCH3 is 2. The van der Waals surface area contributed by atoms with Gasteiger partial charge in [-0.15, -0.1) is 0 Å². The fourth-order valence-electron chi connectivity index (χ4n) is 4.19. The molecule has 1 N–H and O–H groups in total. The lowest BCUT2D eigenvalue weighted by Gasteiger charge is -2.26. The summed E-state index contributed by atoms with van der Waals surface area (Å²) in [6.07, 6.45) is 5.39. The average molecular weight is 430 g/mol. The van der Waals surface area contributed by atoms with Gasteiger partial charge in [0.15, 0.2) is 11.5 Å². The van der Waals surface area contributed by atoms with Crippen molar-refractivity contribution in [1.29, 1.82) is 0 Å². The maximum Gasteiger partial charge on any atom is 0.161 e. The predicted molar refractivity (Wildman–Crippen MR) is 130 cm³/mol. The fourth-order valence-corrected chi connectivity index (χ4v) is 4.19. The molecule has 32 heavy (non-hydrogen) atoms. The molecule has 1 atom stereocenters. The van der Waals surface area contributed by atoms with Crippen molar-refractivity contribution in [3.05, 3.63) is 94.1 Å². The Kier molecular flexibility index (Phi) is 6.81. The van der Waals surface area contributed by atoms with E-state index in [9.17, 15) is 0 Å². The summed E-state index contributed by atoms with van der Waals surface area (Å²) >= 11 is 0. The maximum atomic E-state index is 6.12. The van der Waals surface area contributed by atoms with Crippen molar-refractivity contribution in [3.63, 3.8) is 0 Å². The van der Waals surface area contributed by atoms with Gasteiger partial charge < -0.3 is 19.5 Å². The number of ether oxygens (including phenoxy) is 3. The second-order valence-corrected chi connectivity index (χ2v) is 8.20. The highest BCUT2D eigenvalue weighted by molar-refractivity contribution is 5.59. The normalized spacial score (nSPS) is 15.4. The van der Waals surface area contributed by atoms with Crippen molar-refractivity contribution < 1.29 is 14.2 Å². The van der Waals surface area contributed by atoms with Crippen LogP contribution in [0, 0.1) is 13.8 Å². The Hall–Kier alpha value is -3.24. The molecule has 0 spiro atoms. The smallest absolute Gasteiger partial charge is 0.161 e. The molecule has 0 saturated carbocycles. The molecule has 0 aromatic heterocycles. The molecule has 1 aliphatic heterocycles. The first kappa shape index (κ1) is 22.0. The van der Waals surface area contributed by atoms with Gasteiger partial charge in [0.25, 0.3) is 0 Å². The van der Waals surface area contributed by atoms with E-state index in [0.29, 0.717) is 6.61 Å². The largest absolute Gasteiger partial charge is 0.496 e. The number of hydrogen-bond donors (Lipinski definition) is 1. The Morgan fingerprint density at radius 1 is 0.906 bits per heavy atom. The van der Waals surface area contributed by atoms with Crippen molar-refractivity contribution in [2.75, 3.05) is 20.8 Å². The minimum Gasteiger partial charge on any atom is -0.496 e. The number of benzene rings is 3. The molecule has 4 rings (SSSR count). The highest BCUT2D eigenvalue weighted by atomic mass is 16.5. The first-order valence-corrected chi connectivity index (χ1v) is 11.0. The zero-order valence-electron chi connectivity index (χ0n) is 19.3. The average Bonchev–Trinajstić information content (AvgIpc) is 2.82. The molecule has 1 aliphatic rings. The summed E-state index contributed by atoms with van der Waals surface area (Å²) < 4.78 is 17.2. The summed E-state index contributed by atoms with van der Waals surface area (Å²) in [6.45, 7) is 5.63. The predicted octanol–water partition coefficient (Wildman–Crippen LogP) is 5.80. The van der Waals surface area contributed by atoms with Crippen LogP contribution in [-0.4, -0.2) is 20.8 Å². The molecule has 0 aliphatic carbocycles. The first-order chi connectivity index (χ1) is 15.6. The van der Waals surface area contributed by atoms with Crippen molar-refractivity contribution >= 4 is 6.08 Å². The van der Waals surface area contributed by atoms with Crippen LogP contribution in [-0.2, 0) is 13.0 Å². The van der Waals surface area contributed by atoms with Crippen LogP contribution in [0.1, 0.15) is 39.4 Å². The molecule has 4 nitrogen and oxygen atoms in total. The maximum absolute atomic E-state index is 6.12. The summed E-state index contributed by atoms with van der Waals surface area (Å²) in [5, 5.41) is 3.62. The summed E-state index contributed by atoms with van der Waals surface area (Å²) in [4.78, 5) is 0. The highest BCUT2D eigenvalue weighted by Gasteiger charge is 2.21. The molecular weight excluding hydrogens is 398 g/mol. The molecule has 3 aromatic rings. The van der Waals surface area contributed by atoms with Crippen LogP contribution in [0.3, 0.4) is 0 Å². The summed E-state index contributed by atoms with van der Waals surface area (Å²) in [5.74, 6) is 2.48. The zero-order chi connectivity index (χ0) is 22.5. The van der Waals surface area contributed by atoms with Crippen LogP contribution in [0.4, 0.5) is 0 Å². The quantitative estimate of drug-likeness (QED) is 0.515. The Balaban J connectivity index is 1.58. The topological polar surface area (TPSA) is 39.7 Å². The van der Waals surface area contributed by atoms with E-state index in [4.69, 9.17) is 14.2 Å². The van der Waals surface area contributed by atoms with E-state index in [1.54, 1.807) is 14.2 Å². The van der Waals surface area contributed by atoms with E-state index in [1.807, 2.05) is 18.2 Å². The van der Waals surface area contributed by atoms with Gasteiger partial charge in [0.2, 0.25) is 0 Å². The Labute approximate surface area is 190 Å². The van der Waals surface area contributed by atoms with Crippen molar-refractivity contribution in [2.45, 2.75) is 32.9 Å². The van der Waals surface area contributed by atoms with Crippen molar-refractivity contribution in [2.24, 2.45) is 0 Å². The summed E-state index contributed by atoms with van der Waals surface area (Å²) in [6, 6.07) is 18.8. The third-order valence-corrected chi connectivity index (χ3v) is 6.01. The van der Waals surface area contributed by atoms with Gasteiger partial charge in [0.1, 0.15) is 12.4 Å². The fraction of sp³-hybridized carbons (Fsp3) is 0.286. The van der Waals surface area contributed by atoms with Crippen LogP contribution in [0.25, 0.3) is 6.08 Å². The molecule has 0 bridgehead atoms. The van der Waals surface area contributed by atoms with Crippen LogP contribution < -0.4 is 19.5 Å². The lowest BCUT2D eigenvalue weighted by Crippen LogP contribution is -2.28. The molecule has 0 radical (unpaired) electrons. The molecule has 1 unspecified atom stereocenters. The third-order valence-electron chi connectivity index (χ3n) is 6.01. The van der Waals surface area contributed by atoms with Gasteiger partial charge in [0, 0.05) is 6.54 Å². The van der Waals surface area contributed by atoms with Crippen LogP contribution in [0.2, 0.25) is 0 Å². The Bertz CT molecular complexity index is 1110. The van der Waals surface area contributed by atoms with Gasteiger partial charge in [-0.05, 0) is 77.9 Å². The molecule has 0 saturated heterocycles. The van der Waals surface area contributed by atoms with E-state index in [2.05, 4.69) is 67.7 Å². The van der Waals surface area contributed by atoms with Crippen LogP contribution >= 0.6 is 0 Å². The minimum atomic E-state index is 0.123. The van der Waals surface area contributed by atoms with Crippen LogP contribution in [0.5, 0.6) is 17.2 Å². The van der Waals surface area contributed by atoms with E-state index in [-0.39, 0.29) is 6.04 Å². The molecule has 0 amide bonds. The van der Waals surface area contributed by atoms with E-state index in [1.165, 1.54) is 22.3 Å². The highest BCUT2D eigenvalue weighted by Crippen LogP contribution is 2.36. The van der Waals surface area contributed by atoms with Gasteiger partial charge in [-0.3, -0.25) is 0 Å². The van der Waals surface area contributed by atoms with Crippen molar-refractivity contribution in [1.82, 2.24) is 5.32 Å². The van der Waals surface area contributed by atoms with Gasteiger partial charge in [-0.1, -0.05) is 42.5 Å². The lowest BCUT2D eigenvalue weighted by molar-refractivity contribution is 0.283. The van der Waals surface area contributed by atoms with Gasteiger partial charge in [-0.25, -0.2) is 0 Å². The molecular formula is C28H31NO3. The standard InChI is InChI=1S/C28H31NO3/c1-19-15-26(30-3)20(2)14-22(19)10-11-25-24-17-27(31-4)28(16-23(24)12-13-29-25)32-18-21-8-6-5-7-9-21/h5-11,14-17,25,29H,12-13,18H2,1-4H3. The third kappa shape index (κ3) is 4.81. The van der Waals surface area contributed by atoms with Gasteiger partial charge >= 0.3 is 0 Å². The monoisotopic (exact) mass is 429 g/mol. The summed E-state index contributed by atoms with van der Waals surface area (Å²) in [7, 11) is 3.41. The van der Waals surface area contributed by atoms with Gasteiger partial charge in [0.05, 0.1) is 20.3 Å². The van der Waals surface area contributed by atoms with E-state index >= 15 is 0 Å². The first-order valence-electron chi connectivity index (χ1n) is 11.0. The Morgan fingerprint density at radius 3 is 2.44 bits per heavy atom. The number of aryl methyl sites for hydroxylation is 2. The number of fused-ring (bicyclic) bond motifs is 1. The molecule has 4 heteroatoms.